The lowest BCUT2D eigenvalue weighted by Crippen LogP contribution is -2.04. The number of ketones is 1. The molecule has 1 unspecified atom stereocenters. The van der Waals surface area contributed by atoms with Gasteiger partial charge in [0.1, 0.15) is 0 Å². The molecular formula is C15H18O. The first-order valence-electron chi connectivity index (χ1n) is 6.09. The van der Waals surface area contributed by atoms with Crippen LogP contribution in [0.25, 0.3) is 0 Å². The molecule has 0 saturated heterocycles. The maximum Gasteiger partial charge on any atom is 0.163 e. The highest BCUT2D eigenvalue weighted by Crippen LogP contribution is 2.33. The predicted octanol–water partition coefficient (Wildman–Crippen LogP) is 3.86. The Morgan fingerprint density at radius 3 is 2.69 bits per heavy atom. The third-order valence-corrected chi connectivity index (χ3v) is 3.21. The molecule has 0 heterocycles. The van der Waals surface area contributed by atoms with Gasteiger partial charge < -0.3 is 0 Å². The zero-order chi connectivity index (χ0) is 11.4. The van der Waals surface area contributed by atoms with Gasteiger partial charge in [0.15, 0.2) is 5.78 Å². The Morgan fingerprint density at radius 2 is 2.00 bits per heavy atom. The maximum atomic E-state index is 11.9. The van der Waals surface area contributed by atoms with Gasteiger partial charge in [0, 0.05) is 0 Å². The van der Waals surface area contributed by atoms with Crippen LogP contribution < -0.4 is 0 Å². The molecular weight excluding hydrogens is 196 g/mol. The molecule has 1 atom stereocenters. The lowest BCUT2D eigenvalue weighted by Gasteiger charge is -2.09. The van der Waals surface area contributed by atoms with Crippen LogP contribution in [-0.2, 0) is 4.79 Å². The summed E-state index contributed by atoms with van der Waals surface area (Å²) in [5, 5.41) is 0. The Morgan fingerprint density at radius 1 is 1.25 bits per heavy atom. The minimum atomic E-state index is 0.0908. The number of allylic oxidation sites excluding steroid dienone is 2. The van der Waals surface area contributed by atoms with Crippen molar-refractivity contribution in [1.29, 1.82) is 0 Å². The second-order valence-electron chi connectivity index (χ2n) is 4.48. The normalized spacial score (nSPS) is 19.9. The van der Waals surface area contributed by atoms with Gasteiger partial charge in [0.05, 0.1) is 5.92 Å². The minimum absolute atomic E-state index is 0.0908. The molecule has 1 aromatic carbocycles. The molecule has 16 heavy (non-hydrogen) atoms. The molecule has 1 aromatic rings. The van der Waals surface area contributed by atoms with Crippen LogP contribution in [0.3, 0.4) is 0 Å². The van der Waals surface area contributed by atoms with Gasteiger partial charge >= 0.3 is 0 Å². The van der Waals surface area contributed by atoms with E-state index in [1.54, 1.807) is 0 Å². The SMILES string of the molecule is CCCCC1=CC(=O)C(c2ccccc2)C1. The quantitative estimate of drug-likeness (QED) is 0.743. The summed E-state index contributed by atoms with van der Waals surface area (Å²) in [6.07, 6.45) is 6.28. The molecule has 1 aliphatic carbocycles. The van der Waals surface area contributed by atoms with Gasteiger partial charge in [-0.3, -0.25) is 4.79 Å². The molecule has 0 amide bonds. The third-order valence-electron chi connectivity index (χ3n) is 3.21. The van der Waals surface area contributed by atoms with E-state index in [2.05, 4.69) is 19.1 Å². The van der Waals surface area contributed by atoms with E-state index in [4.69, 9.17) is 0 Å². The number of hydrogen-bond acceptors (Lipinski definition) is 1. The van der Waals surface area contributed by atoms with Gasteiger partial charge in [-0.25, -0.2) is 0 Å². The molecule has 84 valence electrons. The van der Waals surface area contributed by atoms with Crippen molar-refractivity contribution in [2.75, 3.05) is 0 Å². The largest absolute Gasteiger partial charge is 0.294 e. The van der Waals surface area contributed by atoms with Gasteiger partial charge in [-0.2, -0.15) is 0 Å². The van der Waals surface area contributed by atoms with Crippen LogP contribution in [0.15, 0.2) is 42.0 Å². The van der Waals surface area contributed by atoms with Crippen molar-refractivity contribution in [1.82, 2.24) is 0 Å². The van der Waals surface area contributed by atoms with Crippen LogP contribution >= 0.6 is 0 Å². The summed E-state index contributed by atoms with van der Waals surface area (Å²) in [6.45, 7) is 2.19. The van der Waals surface area contributed by atoms with E-state index >= 15 is 0 Å². The summed E-state index contributed by atoms with van der Waals surface area (Å²) in [5.41, 5.74) is 2.50. The lowest BCUT2D eigenvalue weighted by atomic mass is 9.94. The minimum Gasteiger partial charge on any atom is -0.294 e. The molecule has 2 rings (SSSR count). The fraction of sp³-hybridized carbons (Fsp3) is 0.400. The van der Waals surface area contributed by atoms with E-state index in [0.717, 1.165) is 18.4 Å². The first-order valence-corrected chi connectivity index (χ1v) is 6.09. The molecule has 0 aromatic heterocycles. The smallest absolute Gasteiger partial charge is 0.163 e. The average Bonchev–Trinajstić information content (AvgIpc) is 2.69. The van der Waals surface area contributed by atoms with E-state index in [1.165, 1.54) is 18.4 Å². The number of carbonyl (C=O) groups is 1. The monoisotopic (exact) mass is 214 g/mol. The van der Waals surface area contributed by atoms with Crippen LogP contribution in [-0.4, -0.2) is 5.78 Å². The van der Waals surface area contributed by atoms with Crippen molar-refractivity contribution in [3.8, 4) is 0 Å². The Balaban J connectivity index is 2.04. The zero-order valence-corrected chi connectivity index (χ0v) is 9.78. The van der Waals surface area contributed by atoms with Crippen molar-refractivity contribution in [3.63, 3.8) is 0 Å². The van der Waals surface area contributed by atoms with E-state index in [-0.39, 0.29) is 11.7 Å². The Bertz CT molecular complexity index is 389. The van der Waals surface area contributed by atoms with Crippen LogP contribution in [0.4, 0.5) is 0 Å². The number of benzene rings is 1. The van der Waals surface area contributed by atoms with Crippen molar-refractivity contribution >= 4 is 5.78 Å². The van der Waals surface area contributed by atoms with Crippen LogP contribution in [0.5, 0.6) is 0 Å². The highest BCUT2D eigenvalue weighted by molar-refractivity contribution is 5.98. The van der Waals surface area contributed by atoms with E-state index in [9.17, 15) is 4.79 Å². The number of hydrogen-bond donors (Lipinski definition) is 0. The second kappa shape index (κ2) is 5.11. The average molecular weight is 214 g/mol. The van der Waals surface area contributed by atoms with E-state index < -0.39 is 0 Å². The highest BCUT2D eigenvalue weighted by atomic mass is 16.1. The first-order chi connectivity index (χ1) is 7.81. The third kappa shape index (κ3) is 2.41. The summed E-state index contributed by atoms with van der Waals surface area (Å²) in [6, 6.07) is 10.1. The summed E-state index contributed by atoms with van der Waals surface area (Å²) in [7, 11) is 0. The van der Waals surface area contributed by atoms with Crippen molar-refractivity contribution in [2.24, 2.45) is 0 Å². The van der Waals surface area contributed by atoms with Gasteiger partial charge in [0.25, 0.3) is 0 Å². The van der Waals surface area contributed by atoms with Crippen LogP contribution in [0, 0.1) is 0 Å². The number of unbranched alkanes of at least 4 members (excludes halogenated alkanes) is 1. The fourth-order valence-corrected chi connectivity index (χ4v) is 2.27. The van der Waals surface area contributed by atoms with Crippen LogP contribution in [0.1, 0.15) is 44.1 Å². The van der Waals surface area contributed by atoms with Crippen molar-refractivity contribution < 1.29 is 4.79 Å². The Hall–Kier alpha value is -1.37. The molecule has 1 aliphatic rings. The molecule has 0 saturated carbocycles. The maximum absolute atomic E-state index is 11.9. The van der Waals surface area contributed by atoms with Crippen LogP contribution in [0.2, 0.25) is 0 Å². The highest BCUT2D eigenvalue weighted by Gasteiger charge is 2.25. The predicted molar refractivity (Wildman–Crippen MR) is 66.4 cm³/mol. The summed E-state index contributed by atoms with van der Waals surface area (Å²) in [4.78, 5) is 11.9. The molecule has 0 radical (unpaired) electrons. The fourth-order valence-electron chi connectivity index (χ4n) is 2.27. The van der Waals surface area contributed by atoms with Gasteiger partial charge in [-0.05, 0) is 30.9 Å². The molecule has 0 aliphatic heterocycles. The molecule has 0 fully saturated rings. The Kier molecular flexibility index (Phi) is 3.55. The summed E-state index contributed by atoms with van der Waals surface area (Å²) in [5.74, 6) is 0.380. The Labute approximate surface area is 97.2 Å². The second-order valence-corrected chi connectivity index (χ2v) is 4.48. The van der Waals surface area contributed by atoms with E-state index in [0.29, 0.717) is 0 Å². The molecule has 0 spiro atoms. The van der Waals surface area contributed by atoms with Crippen molar-refractivity contribution in [2.45, 2.75) is 38.5 Å². The molecule has 1 nitrogen and oxygen atoms in total. The molecule has 0 bridgehead atoms. The number of carbonyl (C=O) groups excluding carboxylic acids is 1. The summed E-state index contributed by atoms with van der Waals surface area (Å²) < 4.78 is 0. The lowest BCUT2D eigenvalue weighted by molar-refractivity contribution is -0.115. The molecule has 1 heteroatoms. The first kappa shape index (κ1) is 11.1. The molecule has 0 N–H and O–H groups in total. The van der Waals surface area contributed by atoms with E-state index in [1.807, 2.05) is 24.3 Å². The number of rotatable bonds is 4. The van der Waals surface area contributed by atoms with Gasteiger partial charge in [0.2, 0.25) is 0 Å². The topological polar surface area (TPSA) is 17.1 Å². The van der Waals surface area contributed by atoms with Gasteiger partial charge in [-0.15, -0.1) is 0 Å². The zero-order valence-electron chi connectivity index (χ0n) is 9.78. The van der Waals surface area contributed by atoms with Gasteiger partial charge in [-0.1, -0.05) is 49.2 Å². The standard InChI is InChI=1S/C15H18O/c1-2-3-7-12-10-14(15(16)11-12)13-8-5-4-6-9-13/h4-6,8-9,11,14H,2-3,7,10H2,1H3. The summed E-state index contributed by atoms with van der Waals surface area (Å²) >= 11 is 0. The van der Waals surface area contributed by atoms with Crippen molar-refractivity contribution in [3.05, 3.63) is 47.5 Å².